The third-order valence-electron chi connectivity index (χ3n) is 3.14. The number of alkyl halides is 1. The van der Waals surface area contributed by atoms with Crippen LogP contribution >= 0.6 is 11.6 Å². The summed E-state index contributed by atoms with van der Waals surface area (Å²) in [7, 11) is 0. The van der Waals surface area contributed by atoms with Crippen molar-refractivity contribution in [3.05, 3.63) is 0 Å². The van der Waals surface area contributed by atoms with Crippen molar-refractivity contribution in [2.24, 2.45) is 11.3 Å². The normalized spacial score (nSPS) is 52.4. The van der Waals surface area contributed by atoms with E-state index in [0.717, 1.165) is 19.3 Å². The van der Waals surface area contributed by atoms with E-state index in [1.54, 1.807) is 0 Å². The molecule has 1 nitrogen and oxygen atoms in total. The number of carbonyl (C=O) groups excluding carboxylic acids is 1. The van der Waals surface area contributed by atoms with Crippen molar-refractivity contribution in [1.82, 2.24) is 0 Å². The fourth-order valence-corrected chi connectivity index (χ4v) is 2.71. The Hall–Kier alpha value is -0.0400. The molecule has 56 valence electrons. The van der Waals surface area contributed by atoms with E-state index in [9.17, 15) is 4.79 Å². The van der Waals surface area contributed by atoms with E-state index in [0.29, 0.717) is 11.7 Å². The van der Waals surface area contributed by atoms with Crippen LogP contribution in [0.5, 0.6) is 0 Å². The maximum Gasteiger partial charge on any atom is 0.140 e. The first-order valence-corrected chi connectivity index (χ1v) is 4.25. The van der Waals surface area contributed by atoms with E-state index in [1.165, 1.54) is 0 Å². The van der Waals surface area contributed by atoms with Crippen LogP contribution in [0.25, 0.3) is 0 Å². The van der Waals surface area contributed by atoms with Crippen LogP contribution in [0.4, 0.5) is 0 Å². The van der Waals surface area contributed by atoms with Crippen molar-refractivity contribution in [1.29, 1.82) is 0 Å². The SMILES string of the molecule is C[C@@]12CC[C@@H](CC1=O)[C@@H]2Cl. The molecule has 2 heteroatoms. The second-order valence-electron chi connectivity index (χ2n) is 3.75. The van der Waals surface area contributed by atoms with Gasteiger partial charge in [-0.3, -0.25) is 4.79 Å². The molecule has 0 saturated heterocycles. The van der Waals surface area contributed by atoms with Gasteiger partial charge >= 0.3 is 0 Å². The van der Waals surface area contributed by atoms with E-state index >= 15 is 0 Å². The zero-order valence-corrected chi connectivity index (χ0v) is 6.82. The number of ketones is 1. The lowest BCUT2D eigenvalue weighted by molar-refractivity contribution is -0.126. The average Bonchev–Trinajstić information content (AvgIpc) is 2.25. The van der Waals surface area contributed by atoms with Crippen LogP contribution in [0.1, 0.15) is 26.2 Å². The second-order valence-corrected chi connectivity index (χ2v) is 4.22. The van der Waals surface area contributed by atoms with Gasteiger partial charge in [0.15, 0.2) is 0 Å². The standard InChI is InChI=1S/C8H11ClO/c1-8-3-2-5(7(8)9)4-6(8)10/h5,7H,2-4H2,1H3/t5-,7-,8+/m0/s1. The molecule has 2 bridgehead atoms. The van der Waals surface area contributed by atoms with Crippen LogP contribution in [-0.2, 0) is 4.79 Å². The zero-order valence-electron chi connectivity index (χ0n) is 6.06. The summed E-state index contributed by atoms with van der Waals surface area (Å²) in [4.78, 5) is 11.3. The number of Topliss-reactive ketones (excluding diaryl/α,β-unsaturated/α-hetero) is 1. The first-order chi connectivity index (χ1) is 4.64. The minimum Gasteiger partial charge on any atom is -0.299 e. The summed E-state index contributed by atoms with van der Waals surface area (Å²) in [6, 6.07) is 0. The summed E-state index contributed by atoms with van der Waals surface area (Å²) in [5, 5.41) is 0.139. The van der Waals surface area contributed by atoms with E-state index in [-0.39, 0.29) is 10.8 Å². The molecule has 0 heterocycles. The first-order valence-electron chi connectivity index (χ1n) is 3.82. The molecule has 0 spiro atoms. The highest BCUT2D eigenvalue weighted by molar-refractivity contribution is 6.24. The predicted octanol–water partition coefficient (Wildman–Crippen LogP) is 1.98. The topological polar surface area (TPSA) is 17.1 Å². The van der Waals surface area contributed by atoms with Crippen LogP contribution in [0.2, 0.25) is 0 Å². The summed E-state index contributed by atoms with van der Waals surface area (Å²) >= 11 is 6.09. The van der Waals surface area contributed by atoms with Crippen LogP contribution in [0.3, 0.4) is 0 Å². The quantitative estimate of drug-likeness (QED) is 0.493. The second kappa shape index (κ2) is 1.76. The van der Waals surface area contributed by atoms with Gasteiger partial charge in [0.1, 0.15) is 5.78 Å². The van der Waals surface area contributed by atoms with Gasteiger partial charge in [-0.25, -0.2) is 0 Å². The molecule has 0 amide bonds. The molecule has 0 radical (unpaired) electrons. The number of carbonyl (C=O) groups is 1. The number of hydrogen-bond acceptors (Lipinski definition) is 1. The lowest BCUT2D eigenvalue weighted by atomic mass is 9.85. The molecule has 3 atom stereocenters. The van der Waals surface area contributed by atoms with Crippen molar-refractivity contribution in [2.75, 3.05) is 0 Å². The number of fused-ring (bicyclic) bond motifs is 2. The van der Waals surface area contributed by atoms with Crippen LogP contribution in [0, 0.1) is 11.3 Å². The highest BCUT2D eigenvalue weighted by atomic mass is 35.5. The number of halogens is 1. The molecule has 10 heavy (non-hydrogen) atoms. The zero-order chi connectivity index (χ0) is 7.35. The highest BCUT2D eigenvalue weighted by Crippen LogP contribution is 2.54. The molecule has 2 fully saturated rings. The number of rotatable bonds is 0. The molecule has 0 aromatic rings. The molecule has 2 aliphatic rings. The minimum atomic E-state index is -0.147. The van der Waals surface area contributed by atoms with Gasteiger partial charge in [-0.15, -0.1) is 11.6 Å². The smallest absolute Gasteiger partial charge is 0.140 e. The van der Waals surface area contributed by atoms with Gasteiger partial charge in [-0.05, 0) is 18.8 Å². The van der Waals surface area contributed by atoms with Gasteiger partial charge < -0.3 is 0 Å². The predicted molar refractivity (Wildman–Crippen MR) is 40.1 cm³/mol. The van der Waals surface area contributed by atoms with Crippen LogP contribution in [-0.4, -0.2) is 11.2 Å². The fraction of sp³-hybridized carbons (Fsp3) is 0.875. The molecule has 0 aromatic carbocycles. The van der Waals surface area contributed by atoms with Crippen molar-refractivity contribution in [3.63, 3.8) is 0 Å². The molecular formula is C8H11ClO. The molecule has 2 rings (SSSR count). The molecule has 0 unspecified atom stereocenters. The van der Waals surface area contributed by atoms with Crippen LogP contribution < -0.4 is 0 Å². The third-order valence-corrected chi connectivity index (χ3v) is 3.98. The van der Waals surface area contributed by atoms with Crippen molar-refractivity contribution < 1.29 is 4.79 Å². The molecule has 0 N–H and O–H groups in total. The lowest BCUT2D eigenvalue weighted by Gasteiger charge is -2.20. The highest BCUT2D eigenvalue weighted by Gasteiger charge is 2.55. The Bertz CT molecular complexity index is 190. The molecule has 0 aliphatic heterocycles. The van der Waals surface area contributed by atoms with Gasteiger partial charge in [0, 0.05) is 17.2 Å². The van der Waals surface area contributed by atoms with Gasteiger partial charge in [0.05, 0.1) is 0 Å². The Kier molecular flexibility index (Phi) is 1.17. The third kappa shape index (κ3) is 0.572. The van der Waals surface area contributed by atoms with E-state index in [4.69, 9.17) is 11.6 Å². The van der Waals surface area contributed by atoms with Crippen molar-refractivity contribution >= 4 is 17.4 Å². The molecule has 2 saturated carbocycles. The van der Waals surface area contributed by atoms with Gasteiger partial charge in [0.25, 0.3) is 0 Å². The Balaban J connectivity index is 2.37. The van der Waals surface area contributed by atoms with Gasteiger partial charge in [-0.2, -0.15) is 0 Å². The van der Waals surface area contributed by atoms with Gasteiger partial charge in [-0.1, -0.05) is 6.92 Å². The maximum atomic E-state index is 11.3. The fourth-order valence-electron chi connectivity index (χ4n) is 2.26. The van der Waals surface area contributed by atoms with E-state index in [1.807, 2.05) is 6.92 Å². The Labute approximate surface area is 65.7 Å². The van der Waals surface area contributed by atoms with Crippen LogP contribution in [0.15, 0.2) is 0 Å². The summed E-state index contributed by atoms with van der Waals surface area (Å²) in [5.74, 6) is 0.892. The molecular weight excluding hydrogens is 148 g/mol. The molecule has 0 aromatic heterocycles. The molecule has 2 aliphatic carbocycles. The van der Waals surface area contributed by atoms with E-state index < -0.39 is 0 Å². The summed E-state index contributed by atoms with van der Waals surface area (Å²) in [5.41, 5.74) is -0.147. The largest absolute Gasteiger partial charge is 0.299 e. The monoisotopic (exact) mass is 158 g/mol. The Morgan fingerprint density at radius 3 is 2.60 bits per heavy atom. The first kappa shape index (κ1) is 6.66. The van der Waals surface area contributed by atoms with Crippen molar-refractivity contribution in [3.8, 4) is 0 Å². The average molecular weight is 159 g/mol. The summed E-state index contributed by atoms with van der Waals surface area (Å²) in [6.07, 6.45) is 2.92. The van der Waals surface area contributed by atoms with Crippen molar-refractivity contribution in [2.45, 2.75) is 31.6 Å². The minimum absolute atomic E-state index is 0.139. The Morgan fingerprint density at radius 2 is 2.40 bits per heavy atom. The summed E-state index contributed by atoms with van der Waals surface area (Å²) < 4.78 is 0. The van der Waals surface area contributed by atoms with Gasteiger partial charge in [0.2, 0.25) is 0 Å². The van der Waals surface area contributed by atoms with E-state index in [2.05, 4.69) is 0 Å². The summed E-state index contributed by atoms with van der Waals surface area (Å²) in [6.45, 7) is 2.01. The Morgan fingerprint density at radius 1 is 1.70 bits per heavy atom. The maximum absolute atomic E-state index is 11.3. The lowest BCUT2D eigenvalue weighted by Crippen LogP contribution is -2.26. The number of hydrogen-bond donors (Lipinski definition) is 0.